The first-order valence-electron chi connectivity index (χ1n) is 7.74. The largest absolute Gasteiger partial charge is 0.381 e. The molecule has 6 nitrogen and oxygen atoms in total. The van der Waals surface area contributed by atoms with Gasteiger partial charge < -0.3 is 15.4 Å². The zero-order valence-corrected chi connectivity index (χ0v) is 12.2. The summed E-state index contributed by atoms with van der Waals surface area (Å²) in [5.41, 5.74) is 5.99. The Labute approximate surface area is 120 Å². The van der Waals surface area contributed by atoms with Gasteiger partial charge in [0.25, 0.3) is 0 Å². The molecule has 3 N–H and O–H groups in total. The second-order valence-electron chi connectivity index (χ2n) is 6.09. The number of aromatic amines is 1. The number of rotatable bonds is 3. The van der Waals surface area contributed by atoms with Crippen molar-refractivity contribution in [3.05, 3.63) is 5.82 Å². The maximum absolute atomic E-state index is 5.99. The van der Waals surface area contributed by atoms with Gasteiger partial charge in [-0.2, -0.15) is 4.98 Å². The maximum Gasteiger partial charge on any atom is 0.244 e. The number of nitrogens with zero attached hydrogens (tertiary/aromatic N) is 3. The predicted molar refractivity (Wildman–Crippen MR) is 77.8 cm³/mol. The van der Waals surface area contributed by atoms with Crippen LogP contribution in [0.4, 0.5) is 5.95 Å². The lowest BCUT2D eigenvalue weighted by Gasteiger charge is -2.32. The minimum Gasteiger partial charge on any atom is -0.381 e. The Morgan fingerprint density at radius 3 is 2.60 bits per heavy atom. The molecule has 0 amide bonds. The fourth-order valence-corrected chi connectivity index (χ4v) is 3.19. The number of hydrogen-bond acceptors (Lipinski definition) is 5. The monoisotopic (exact) mass is 279 g/mol. The molecule has 1 aromatic rings. The summed E-state index contributed by atoms with van der Waals surface area (Å²) < 4.78 is 5.39. The second kappa shape index (κ2) is 6.10. The van der Waals surface area contributed by atoms with Crippen LogP contribution in [0.5, 0.6) is 0 Å². The van der Waals surface area contributed by atoms with Crippen LogP contribution in [-0.2, 0) is 4.74 Å². The molecule has 1 unspecified atom stereocenters. The van der Waals surface area contributed by atoms with Gasteiger partial charge in [0.1, 0.15) is 5.82 Å². The molecule has 0 aliphatic carbocycles. The van der Waals surface area contributed by atoms with Crippen LogP contribution in [-0.4, -0.2) is 47.5 Å². The molecule has 0 bridgehead atoms. The van der Waals surface area contributed by atoms with Crippen molar-refractivity contribution in [3.63, 3.8) is 0 Å². The number of piperidine rings is 1. The SMILES string of the molecule is CC(N)C1CCN(c2n[nH]c(C3CCOCC3)n2)CC1. The Bertz CT molecular complexity index is 419. The standard InChI is InChI=1S/C14H25N5O/c1-10(15)11-2-6-19(7-3-11)14-16-13(17-18-14)12-4-8-20-9-5-12/h10-12H,2-9,15H2,1H3,(H,16,17,18). The summed E-state index contributed by atoms with van der Waals surface area (Å²) in [5.74, 6) is 3.00. The lowest BCUT2D eigenvalue weighted by atomic mass is 9.91. The molecular weight excluding hydrogens is 254 g/mol. The van der Waals surface area contributed by atoms with E-state index in [-0.39, 0.29) is 0 Å². The number of H-pyrrole nitrogens is 1. The highest BCUT2D eigenvalue weighted by Gasteiger charge is 2.25. The van der Waals surface area contributed by atoms with E-state index in [0.717, 1.165) is 63.8 Å². The van der Waals surface area contributed by atoms with Gasteiger partial charge in [0.15, 0.2) is 0 Å². The molecule has 2 saturated heterocycles. The summed E-state index contributed by atoms with van der Waals surface area (Å²) >= 11 is 0. The van der Waals surface area contributed by atoms with E-state index >= 15 is 0 Å². The number of aromatic nitrogens is 3. The van der Waals surface area contributed by atoms with Crippen LogP contribution in [0.1, 0.15) is 44.3 Å². The topological polar surface area (TPSA) is 80.1 Å². The van der Waals surface area contributed by atoms with Gasteiger partial charge in [-0.15, -0.1) is 5.10 Å². The summed E-state index contributed by atoms with van der Waals surface area (Å²) in [6, 6.07) is 0.294. The van der Waals surface area contributed by atoms with Crippen LogP contribution >= 0.6 is 0 Å². The molecule has 20 heavy (non-hydrogen) atoms. The van der Waals surface area contributed by atoms with Crippen molar-refractivity contribution in [2.45, 2.75) is 44.6 Å². The van der Waals surface area contributed by atoms with Crippen molar-refractivity contribution in [1.29, 1.82) is 0 Å². The number of anilines is 1. The summed E-state index contributed by atoms with van der Waals surface area (Å²) in [5, 5.41) is 7.53. The van der Waals surface area contributed by atoms with Gasteiger partial charge in [0.05, 0.1) is 0 Å². The zero-order chi connectivity index (χ0) is 13.9. The smallest absolute Gasteiger partial charge is 0.244 e. The zero-order valence-electron chi connectivity index (χ0n) is 12.2. The third kappa shape index (κ3) is 2.96. The van der Waals surface area contributed by atoms with Crippen molar-refractivity contribution < 1.29 is 4.74 Å². The van der Waals surface area contributed by atoms with Crippen molar-refractivity contribution in [3.8, 4) is 0 Å². The lowest BCUT2D eigenvalue weighted by Crippen LogP contribution is -2.40. The number of nitrogens with one attached hydrogen (secondary N) is 1. The Balaban J connectivity index is 1.60. The molecule has 3 heterocycles. The van der Waals surface area contributed by atoms with Crippen molar-refractivity contribution in [1.82, 2.24) is 15.2 Å². The third-order valence-corrected chi connectivity index (χ3v) is 4.66. The van der Waals surface area contributed by atoms with Crippen molar-refractivity contribution in [2.75, 3.05) is 31.2 Å². The van der Waals surface area contributed by atoms with Crippen molar-refractivity contribution >= 4 is 5.95 Å². The van der Waals surface area contributed by atoms with Gasteiger partial charge in [0.2, 0.25) is 5.95 Å². The Kier molecular flexibility index (Phi) is 4.21. The molecule has 2 aliphatic rings. The molecule has 1 atom stereocenters. The summed E-state index contributed by atoms with van der Waals surface area (Å²) in [6.07, 6.45) is 4.36. The second-order valence-corrected chi connectivity index (χ2v) is 6.09. The molecule has 0 spiro atoms. The molecule has 2 aliphatic heterocycles. The molecule has 112 valence electrons. The average Bonchev–Trinajstić information content (AvgIpc) is 2.98. The molecule has 0 radical (unpaired) electrons. The van der Waals surface area contributed by atoms with Gasteiger partial charge in [-0.1, -0.05) is 0 Å². The van der Waals surface area contributed by atoms with Gasteiger partial charge in [0, 0.05) is 38.3 Å². The van der Waals surface area contributed by atoms with E-state index in [0.29, 0.717) is 17.9 Å². The molecule has 6 heteroatoms. The van der Waals surface area contributed by atoms with Gasteiger partial charge in [-0.3, -0.25) is 5.10 Å². The number of ether oxygens (including phenoxy) is 1. The Hall–Kier alpha value is -1.14. The van der Waals surface area contributed by atoms with Gasteiger partial charge in [-0.25, -0.2) is 0 Å². The third-order valence-electron chi connectivity index (χ3n) is 4.66. The van der Waals surface area contributed by atoms with Crippen LogP contribution in [0.25, 0.3) is 0 Å². The molecule has 1 aromatic heterocycles. The highest BCUT2D eigenvalue weighted by atomic mass is 16.5. The molecule has 3 rings (SSSR count). The van der Waals surface area contributed by atoms with E-state index in [2.05, 4.69) is 22.0 Å². The van der Waals surface area contributed by atoms with E-state index < -0.39 is 0 Å². The van der Waals surface area contributed by atoms with E-state index in [4.69, 9.17) is 15.5 Å². The minimum absolute atomic E-state index is 0.294. The van der Waals surface area contributed by atoms with Crippen molar-refractivity contribution in [2.24, 2.45) is 11.7 Å². The fourth-order valence-electron chi connectivity index (χ4n) is 3.19. The van der Waals surface area contributed by atoms with E-state index in [1.54, 1.807) is 0 Å². The van der Waals surface area contributed by atoms with E-state index in [1.165, 1.54) is 0 Å². The number of hydrogen-bond donors (Lipinski definition) is 2. The molecule has 0 saturated carbocycles. The van der Waals surface area contributed by atoms with E-state index in [1.807, 2.05) is 0 Å². The first-order valence-corrected chi connectivity index (χ1v) is 7.74. The normalized spacial score (nSPS) is 24.0. The number of nitrogens with two attached hydrogens (primary N) is 1. The van der Waals surface area contributed by atoms with Crippen LogP contribution < -0.4 is 10.6 Å². The highest BCUT2D eigenvalue weighted by Crippen LogP contribution is 2.27. The van der Waals surface area contributed by atoms with Gasteiger partial charge in [-0.05, 0) is 38.5 Å². The van der Waals surface area contributed by atoms with E-state index in [9.17, 15) is 0 Å². The Morgan fingerprint density at radius 2 is 1.95 bits per heavy atom. The quantitative estimate of drug-likeness (QED) is 0.870. The van der Waals surface area contributed by atoms with Crippen LogP contribution in [0.15, 0.2) is 0 Å². The Morgan fingerprint density at radius 1 is 1.25 bits per heavy atom. The first kappa shape index (κ1) is 13.8. The predicted octanol–water partition coefficient (Wildman–Crippen LogP) is 1.26. The van der Waals surface area contributed by atoms with Crippen LogP contribution in [0.3, 0.4) is 0 Å². The average molecular weight is 279 g/mol. The summed E-state index contributed by atoms with van der Waals surface area (Å²) in [7, 11) is 0. The van der Waals surface area contributed by atoms with Crippen LogP contribution in [0, 0.1) is 5.92 Å². The molecular formula is C14H25N5O. The van der Waals surface area contributed by atoms with Gasteiger partial charge >= 0.3 is 0 Å². The highest BCUT2D eigenvalue weighted by molar-refractivity contribution is 5.30. The molecule has 0 aromatic carbocycles. The summed E-state index contributed by atoms with van der Waals surface area (Å²) in [6.45, 7) is 5.80. The first-order chi connectivity index (χ1) is 9.74. The lowest BCUT2D eigenvalue weighted by molar-refractivity contribution is 0.0836. The fraction of sp³-hybridized carbons (Fsp3) is 0.857. The summed E-state index contributed by atoms with van der Waals surface area (Å²) in [4.78, 5) is 6.98. The van der Waals surface area contributed by atoms with Crippen LogP contribution in [0.2, 0.25) is 0 Å². The minimum atomic E-state index is 0.294. The molecule has 2 fully saturated rings. The maximum atomic E-state index is 5.99.